The van der Waals surface area contributed by atoms with E-state index in [1.165, 1.54) is 16.7 Å². The van der Waals surface area contributed by atoms with Crippen molar-refractivity contribution in [1.29, 1.82) is 0 Å². The predicted octanol–water partition coefficient (Wildman–Crippen LogP) is 2.98. The lowest BCUT2D eigenvalue weighted by atomic mass is 9.72. The molecule has 0 saturated carbocycles. The van der Waals surface area contributed by atoms with Gasteiger partial charge in [0.15, 0.2) is 0 Å². The van der Waals surface area contributed by atoms with Gasteiger partial charge in [0.1, 0.15) is 5.75 Å². The number of aryl methyl sites for hydroxylation is 2. The number of hydrogen-bond acceptors (Lipinski definition) is 2. The van der Waals surface area contributed by atoms with Crippen molar-refractivity contribution in [3.05, 3.63) is 28.8 Å². The van der Waals surface area contributed by atoms with Crippen LogP contribution in [0, 0.1) is 19.3 Å². The fourth-order valence-corrected chi connectivity index (χ4v) is 2.58. The van der Waals surface area contributed by atoms with Gasteiger partial charge in [-0.25, -0.2) is 0 Å². The van der Waals surface area contributed by atoms with Crippen molar-refractivity contribution in [3.63, 3.8) is 0 Å². The Balaban J connectivity index is 2.47. The largest absolute Gasteiger partial charge is 0.496 e. The minimum atomic E-state index is 0.327. The molecule has 1 aliphatic heterocycles. The third-order valence-electron chi connectivity index (χ3n) is 3.55. The van der Waals surface area contributed by atoms with Crippen LogP contribution in [0.15, 0.2) is 12.1 Å². The van der Waals surface area contributed by atoms with Crippen LogP contribution in [0.5, 0.6) is 5.75 Å². The summed E-state index contributed by atoms with van der Waals surface area (Å²) in [6.45, 7) is 9.95. The predicted molar refractivity (Wildman–Crippen MR) is 67.0 cm³/mol. The maximum absolute atomic E-state index is 5.52. The molecule has 1 fully saturated rings. The molecule has 1 N–H and O–H groups in total. The summed E-state index contributed by atoms with van der Waals surface area (Å²) in [6, 6.07) is 4.77. The van der Waals surface area contributed by atoms with E-state index in [0.717, 1.165) is 12.3 Å². The van der Waals surface area contributed by atoms with Crippen molar-refractivity contribution in [2.75, 3.05) is 13.7 Å². The van der Waals surface area contributed by atoms with Crippen molar-refractivity contribution >= 4 is 0 Å². The van der Waals surface area contributed by atoms with Gasteiger partial charge in [-0.2, -0.15) is 0 Å². The topological polar surface area (TPSA) is 21.3 Å². The molecule has 1 aromatic rings. The van der Waals surface area contributed by atoms with Gasteiger partial charge in [-0.3, -0.25) is 0 Å². The van der Waals surface area contributed by atoms with Gasteiger partial charge in [-0.05, 0) is 36.5 Å². The van der Waals surface area contributed by atoms with Crippen LogP contribution in [0.1, 0.15) is 36.6 Å². The Hall–Kier alpha value is -1.02. The third kappa shape index (κ3) is 1.71. The van der Waals surface area contributed by atoms with E-state index in [4.69, 9.17) is 4.74 Å². The number of nitrogens with one attached hydrogen (secondary N) is 1. The third-order valence-corrected chi connectivity index (χ3v) is 3.55. The Bertz CT molecular complexity index is 409. The van der Waals surface area contributed by atoms with Crippen LogP contribution in [0.2, 0.25) is 0 Å². The number of hydrogen-bond donors (Lipinski definition) is 1. The Labute approximate surface area is 98.0 Å². The summed E-state index contributed by atoms with van der Waals surface area (Å²) in [4.78, 5) is 0. The lowest BCUT2D eigenvalue weighted by Gasteiger charge is -2.47. The summed E-state index contributed by atoms with van der Waals surface area (Å²) >= 11 is 0. The van der Waals surface area contributed by atoms with Gasteiger partial charge in [-0.1, -0.05) is 19.9 Å². The van der Waals surface area contributed by atoms with Gasteiger partial charge in [0.2, 0.25) is 0 Å². The van der Waals surface area contributed by atoms with E-state index in [1.807, 2.05) is 0 Å². The summed E-state index contributed by atoms with van der Waals surface area (Å²) in [7, 11) is 1.75. The van der Waals surface area contributed by atoms with Crippen LogP contribution >= 0.6 is 0 Å². The molecular weight excluding hydrogens is 198 g/mol. The standard InChI is InChI=1S/C14H21NO/c1-9-6-10(2)12(11(7-9)16-5)13-14(3,4)8-15-13/h6-7,13,15H,8H2,1-5H3. The van der Waals surface area contributed by atoms with Crippen LogP contribution in [0.25, 0.3) is 0 Å². The molecule has 1 heterocycles. The van der Waals surface area contributed by atoms with Crippen molar-refractivity contribution in [2.24, 2.45) is 5.41 Å². The molecule has 2 heteroatoms. The van der Waals surface area contributed by atoms with Gasteiger partial charge in [0.05, 0.1) is 7.11 Å². The lowest BCUT2D eigenvalue weighted by molar-refractivity contribution is 0.125. The van der Waals surface area contributed by atoms with Crippen molar-refractivity contribution in [1.82, 2.24) is 5.32 Å². The van der Waals surface area contributed by atoms with Crippen LogP contribution in [-0.2, 0) is 0 Å². The van der Waals surface area contributed by atoms with E-state index in [1.54, 1.807) is 7.11 Å². The summed E-state index contributed by atoms with van der Waals surface area (Å²) in [5.74, 6) is 1.02. The normalized spacial score (nSPS) is 22.7. The first kappa shape index (κ1) is 11.5. The first-order valence-corrected chi connectivity index (χ1v) is 5.84. The summed E-state index contributed by atoms with van der Waals surface area (Å²) < 4.78 is 5.52. The molecule has 2 rings (SSSR count). The molecule has 1 saturated heterocycles. The number of benzene rings is 1. The second-order valence-electron chi connectivity index (χ2n) is 5.50. The molecule has 0 radical (unpaired) electrons. The molecule has 1 unspecified atom stereocenters. The second-order valence-corrected chi connectivity index (χ2v) is 5.50. The monoisotopic (exact) mass is 219 g/mol. The highest BCUT2D eigenvalue weighted by Crippen LogP contribution is 2.45. The molecule has 1 aromatic carbocycles. The molecule has 0 aliphatic carbocycles. The summed E-state index contributed by atoms with van der Waals surface area (Å²) in [5.41, 5.74) is 4.23. The van der Waals surface area contributed by atoms with E-state index in [-0.39, 0.29) is 0 Å². The van der Waals surface area contributed by atoms with Gasteiger partial charge in [-0.15, -0.1) is 0 Å². The Morgan fingerprint density at radius 1 is 1.31 bits per heavy atom. The highest BCUT2D eigenvalue weighted by atomic mass is 16.5. The van der Waals surface area contributed by atoms with Gasteiger partial charge in [0, 0.05) is 18.2 Å². The molecule has 0 aromatic heterocycles. The summed E-state index contributed by atoms with van der Waals surface area (Å²) in [5, 5.41) is 3.51. The van der Waals surface area contributed by atoms with Crippen LogP contribution in [0.3, 0.4) is 0 Å². The quantitative estimate of drug-likeness (QED) is 0.825. The fraction of sp³-hybridized carbons (Fsp3) is 0.571. The first-order valence-electron chi connectivity index (χ1n) is 5.84. The Morgan fingerprint density at radius 3 is 2.44 bits per heavy atom. The SMILES string of the molecule is COc1cc(C)cc(C)c1C1NCC1(C)C. The highest BCUT2D eigenvalue weighted by molar-refractivity contribution is 5.46. The summed E-state index contributed by atoms with van der Waals surface area (Å²) in [6.07, 6.45) is 0. The zero-order chi connectivity index (χ0) is 11.9. The van der Waals surface area contributed by atoms with Crippen LogP contribution in [0.4, 0.5) is 0 Å². The molecule has 2 nitrogen and oxygen atoms in total. The average Bonchev–Trinajstić information content (AvgIpc) is 2.20. The number of rotatable bonds is 2. The minimum absolute atomic E-state index is 0.327. The maximum Gasteiger partial charge on any atom is 0.124 e. The first-order chi connectivity index (χ1) is 7.45. The molecule has 0 spiro atoms. The molecule has 0 amide bonds. The zero-order valence-electron chi connectivity index (χ0n) is 10.8. The second kappa shape index (κ2) is 3.77. The molecule has 0 bridgehead atoms. The van der Waals surface area contributed by atoms with Gasteiger partial charge < -0.3 is 10.1 Å². The van der Waals surface area contributed by atoms with E-state index >= 15 is 0 Å². The lowest BCUT2D eigenvalue weighted by Crippen LogP contribution is -2.52. The Morgan fingerprint density at radius 2 is 2.00 bits per heavy atom. The van der Waals surface area contributed by atoms with Crippen LogP contribution in [-0.4, -0.2) is 13.7 Å². The van der Waals surface area contributed by atoms with Crippen LogP contribution < -0.4 is 10.1 Å². The van der Waals surface area contributed by atoms with Gasteiger partial charge in [0.25, 0.3) is 0 Å². The number of ether oxygens (including phenoxy) is 1. The smallest absolute Gasteiger partial charge is 0.124 e. The van der Waals surface area contributed by atoms with Crippen molar-refractivity contribution in [2.45, 2.75) is 33.7 Å². The fourth-order valence-electron chi connectivity index (χ4n) is 2.58. The minimum Gasteiger partial charge on any atom is -0.496 e. The maximum atomic E-state index is 5.52. The van der Waals surface area contributed by atoms with Crippen molar-refractivity contribution in [3.8, 4) is 5.75 Å². The van der Waals surface area contributed by atoms with E-state index < -0.39 is 0 Å². The molecule has 88 valence electrons. The molecule has 1 atom stereocenters. The van der Waals surface area contributed by atoms with Gasteiger partial charge >= 0.3 is 0 Å². The average molecular weight is 219 g/mol. The number of methoxy groups -OCH3 is 1. The van der Waals surface area contributed by atoms with E-state index in [9.17, 15) is 0 Å². The van der Waals surface area contributed by atoms with Crippen molar-refractivity contribution < 1.29 is 4.74 Å². The molecule has 1 aliphatic rings. The zero-order valence-corrected chi connectivity index (χ0v) is 10.8. The highest BCUT2D eigenvalue weighted by Gasteiger charge is 2.41. The molecular formula is C14H21NO. The van der Waals surface area contributed by atoms with E-state index in [0.29, 0.717) is 11.5 Å². The molecule has 16 heavy (non-hydrogen) atoms. The Kier molecular flexibility index (Phi) is 2.70. The van der Waals surface area contributed by atoms with E-state index in [2.05, 4.69) is 45.1 Å².